The highest BCUT2D eigenvalue weighted by molar-refractivity contribution is 6.32. The molecule has 0 saturated carbocycles. The second kappa shape index (κ2) is 9.13. The minimum atomic E-state index is -4.60. The maximum absolute atomic E-state index is 12.7. The molecule has 3 N–H and O–H groups in total. The zero-order chi connectivity index (χ0) is 22.5. The zero-order valence-electron chi connectivity index (χ0n) is 14.6. The third-order valence-electron chi connectivity index (χ3n) is 3.35. The highest BCUT2D eigenvalue weighted by Crippen LogP contribution is 2.37. The van der Waals surface area contributed by atoms with Gasteiger partial charge < -0.3 is 9.84 Å². The molecule has 0 radical (unpaired) electrons. The van der Waals surface area contributed by atoms with E-state index in [-0.39, 0.29) is 22.2 Å². The van der Waals surface area contributed by atoms with Crippen LogP contribution in [0.2, 0.25) is 5.02 Å². The first-order valence-electron chi connectivity index (χ1n) is 7.77. The smallest absolute Gasteiger partial charge is 0.416 e. The van der Waals surface area contributed by atoms with E-state index in [9.17, 15) is 32.9 Å². The Bertz CT molecular complexity index is 1030. The fourth-order valence-corrected chi connectivity index (χ4v) is 2.26. The lowest BCUT2D eigenvalue weighted by Gasteiger charge is -2.13. The minimum Gasteiger partial charge on any atom is -0.478 e. The standard InChI is InChI=1S/C17H11ClF3N3O6/c18-11-7-9(17(19,20)21)1-4-14(11)30-10-2-3-13(24(28)29)12(8-10)22-23-15(25)5-6-16(26)27/h1-8,22H,(H,23,25)(H,26,27)/b6-5+. The van der Waals surface area contributed by atoms with E-state index in [0.29, 0.717) is 18.2 Å². The molecule has 9 nitrogen and oxygen atoms in total. The summed E-state index contributed by atoms with van der Waals surface area (Å²) in [5.74, 6) is -2.47. The summed E-state index contributed by atoms with van der Waals surface area (Å²) in [7, 11) is 0. The van der Waals surface area contributed by atoms with Crippen molar-refractivity contribution >= 4 is 34.9 Å². The van der Waals surface area contributed by atoms with Gasteiger partial charge in [-0.05, 0) is 24.3 Å². The number of alkyl halides is 3. The summed E-state index contributed by atoms with van der Waals surface area (Å²) < 4.78 is 43.5. The number of hydrazine groups is 1. The molecule has 2 aromatic rings. The number of hydrogen-bond acceptors (Lipinski definition) is 6. The van der Waals surface area contributed by atoms with Gasteiger partial charge in [0.25, 0.3) is 11.6 Å². The Labute approximate surface area is 170 Å². The number of nitro groups is 1. The van der Waals surface area contributed by atoms with Crippen LogP contribution in [0.4, 0.5) is 24.5 Å². The van der Waals surface area contributed by atoms with Crippen molar-refractivity contribution in [3.63, 3.8) is 0 Å². The average molecular weight is 446 g/mol. The van der Waals surface area contributed by atoms with E-state index in [1.165, 1.54) is 6.07 Å². The summed E-state index contributed by atoms with van der Waals surface area (Å²) in [5, 5.41) is 19.2. The summed E-state index contributed by atoms with van der Waals surface area (Å²) >= 11 is 5.81. The number of carbonyl (C=O) groups excluding carboxylic acids is 1. The second-order valence-corrected chi connectivity index (χ2v) is 5.87. The molecular weight excluding hydrogens is 435 g/mol. The predicted octanol–water partition coefficient (Wildman–Crippen LogP) is 4.14. The molecule has 2 rings (SSSR count). The Morgan fingerprint density at radius 1 is 1.17 bits per heavy atom. The molecule has 2 aromatic carbocycles. The maximum Gasteiger partial charge on any atom is 0.416 e. The van der Waals surface area contributed by atoms with Gasteiger partial charge in [-0.2, -0.15) is 13.2 Å². The third-order valence-corrected chi connectivity index (χ3v) is 3.64. The number of aliphatic carboxylic acids is 1. The quantitative estimate of drug-likeness (QED) is 0.331. The molecule has 0 aliphatic rings. The predicted molar refractivity (Wildman–Crippen MR) is 98.2 cm³/mol. The lowest BCUT2D eigenvalue weighted by molar-refractivity contribution is -0.384. The summed E-state index contributed by atoms with van der Waals surface area (Å²) in [6.07, 6.45) is -3.37. The van der Waals surface area contributed by atoms with E-state index in [1.807, 2.05) is 5.43 Å². The lowest BCUT2D eigenvalue weighted by atomic mass is 10.2. The minimum absolute atomic E-state index is 0.0416. The van der Waals surface area contributed by atoms with Crippen molar-refractivity contribution in [2.24, 2.45) is 0 Å². The number of nitrogens with zero attached hydrogens (tertiary/aromatic N) is 1. The molecule has 0 atom stereocenters. The zero-order valence-corrected chi connectivity index (χ0v) is 15.3. The van der Waals surface area contributed by atoms with E-state index in [1.54, 1.807) is 0 Å². The molecule has 0 heterocycles. The van der Waals surface area contributed by atoms with E-state index >= 15 is 0 Å². The Balaban J connectivity index is 2.24. The summed E-state index contributed by atoms with van der Waals surface area (Å²) in [6, 6.07) is 5.68. The molecule has 0 aliphatic carbocycles. The topological polar surface area (TPSA) is 131 Å². The van der Waals surface area contributed by atoms with Gasteiger partial charge >= 0.3 is 12.1 Å². The summed E-state index contributed by atoms with van der Waals surface area (Å²) in [6.45, 7) is 0. The highest BCUT2D eigenvalue weighted by atomic mass is 35.5. The first-order chi connectivity index (χ1) is 14.0. The van der Waals surface area contributed by atoms with Crippen molar-refractivity contribution in [1.29, 1.82) is 0 Å². The van der Waals surface area contributed by atoms with E-state index < -0.39 is 34.2 Å². The number of hydrogen-bond donors (Lipinski definition) is 3. The van der Waals surface area contributed by atoms with Crippen LogP contribution in [0.5, 0.6) is 11.5 Å². The van der Waals surface area contributed by atoms with Crippen LogP contribution < -0.4 is 15.6 Å². The fourth-order valence-electron chi connectivity index (χ4n) is 2.04. The van der Waals surface area contributed by atoms with Gasteiger partial charge in [0.2, 0.25) is 0 Å². The number of amides is 1. The number of anilines is 1. The van der Waals surface area contributed by atoms with Crippen molar-refractivity contribution in [1.82, 2.24) is 5.43 Å². The number of carboxylic acid groups (broad SMARTS) is 1. The molecular formula is C17H11ClF3N3O6. The van der Waals surface area contributed by atoms with E-state index in [4.69, 9.17) is 21.4 Å². The van der Waals surface area contributed by atoms with Crippen LogP contribution >= 0.6 is 11.6 Å². The third kappa shape index (κ3) is 6.10. The molecule has 0 aliphatic heterocycles. The number of halogens is 4. The molecule has 0 unspecified atom stereocenters. The van der Waals surface area contributed by atoms with Crippen molar-refractivity contribution < 1.29 is 37.5 Å². The number of carbonyl (C=O) groups is 2. The first-order valence-corrected chi connectivity index (χ1v) is 8.15. The van der Waals surface area contributed by atoms with Gasteiger partial charge in [0.05, 0.1) is 15.5 Å². The molecule has 30 heavy (non-hydrogen) atoms. The van der Waals surface area contributed by atoms with Gasteiger partial charge in [-0.15, -0.1) is 0 Å². The number of ether oxygens (including phenoxy) is 1. The van der Waals surface area contributed by atoms with Gasteiger partial charge in [-0.25, -0.2) is 4.79 Å². The number of nitro benzene ring substituents is 1. The highest BCUT2D eigenvalue weighted by Gasteiger charge is 2.31. The monoisotopic (exact) mass is 445 g/mol. The fraction of sp³-hybridized carbons (Fsp3) is 0.0588. The first kappa shape index (κ1) is 22.5. The largest absolute Gasteiger partial charge is 0.478 e. The van der Waals surface area contributed by atoms with Crippen molar-refractivity contribution in [2.45, 2.75) is 6.18 Å². The van der Waals surface area contributed by atoms with Gasteiger partial charge in [0, 0.05) is 24.3 Å². The molecule has 0 saturated heterocycles. The van der Waals surface area contributed by atoms with Gasteiger partial charge in [-0.1, -0.05) is 11.6 Å². The normalized spacial score (nSPS) is 11.2. The maximum atomic E-state index is 12.7. The summed E-state index contributed by atoms with van der Waals surface area (Å²) in [4.78, 5) is 32.2. The number of carboxylic acids is 1. The Kier molecular flexibility index (Phi) is 6.85. The Morgan fingerprint density at radius 3 is 2.43 bits per heavy atom. The molecule has 1 amide bonds. The Hall–Kier alpha value is -3.80. The Morgan fingerprint density at radius 2 is 1.87 bits per heavy atom. The SMILES string of the molecule is O=C(O)/C=C/C(=O)NNc1cc(Oc2ccc(C(F)(F)F)cc2Cl)ccc1[N+](=O)[O-]. The van der Waals surface area contributed by atoms with Crippen LogP contribution in [0.15, 0.2) is 48.6 Å². The van der Waals surface area contributed by atoms with Crippen LogP contribution in [0.1, 0.15) is 5.56 Å². The molecule has 13 heteroatoms. The van der Waals surface area contributed by atoms with Crippen LogP contribution in [0.25, 0.3) is 0 Å². The van der Waals surface area contributed by atoms with Crippen LogP contribution in [-0.4, -0.2) is 21.9 Å². The number of benzene rings is 2. The summed E-state index contributed by atoms with van der Waals surface area (Å²) in [5.41, 5.74) is 2.58. The number of rotatable bonds is 7. The molecule has 0 spiro atoms. The molecule has 0 bridgehead atoms. The molecule has 0 fully saturated rings. The van der Waals surface area contributed by atoms with Crippen LogP contribution in [0.3, 0.4) is 0 Å². The van der Waals surface area contributed by atoms with Crippen molar-refractivity contribution in [3.8, 4) is 11.5 Å². The van der Waals surface area contributed by atoms with Crippen molar-refractivity contribution in [2.75, 3.05) is 5.43 Å². The van der Waals surface area contributed by atoms with Gasteiger partial charge in [-0.3, -0.25) is 25.8 Å². The van der Waals surface area contributed by atoms with Gasteiger partial charge in [0.1, 0.15) is 17.2 Å². The lowest BCUT2D eigenvalue weighted by Crippen LogP contribution is -2.28. The average Bonchev–Trinajstić information content (AvgIpc) is 2.65. The van der Waals surface area contributed by atoms with Gasteiger partial charge in [0.15, 0.2) is 0 Å². The van der Waals surface area contributed by atoms with Crippen LogP contribution in [-0.2, 0) is 15.8 Å². The van der Waals surface area contributed by atoms with Crippen LogP contribution in [0, 0.1) is 10.1 Å². The van der Waals surface area contributed by atoms with E-state index in [2.05, 4.69) is 5.43 Å². The number of nitrogens with one attached hydrogen (secondary N) is 2. The molecule has 158 valence electrons. The van der Waals surface area contributed by atoms with Crippen molar-refractivity contribution in [3.05, 3.63) is 69.3 Å². The molecule has 0 aromatic heterocycles. The second-order valence-electron chi connectivity index (χ2n) is 5.47. The van der Waals surface area contributed by atoms with E-state index in [0.717, 1.165) is 24.3 Å².